The number of hydrogen-bond donors (Lipinski definition) is 3. The predicted octanol–water partition coefficient (Wildman–Crippen LogP) is 4.93. The maximum absolute atomic E-state index is 10.1. The van der Waals surface area contributed by atoms with E-state index in [2.05, 4.69) is 26.8 Å². The van der Waals surface area contributed by atoms with E-state index in [0.29, 0.717) is 17.4 Å². The minimum atomic E-state index is -2.05. The van der Waals surface area contributed by atoms with Gasteiger partial charge < -0.3 is 19.6 Å². The van der Waals surface area contributed by atoms with E-state index >= 15 is 0 Å². The highest BCUT2D eigenvalue weighted by Gasteiger charge is 2.25. The van der Waals surface area contributed by atoms with Crippen molar-refractivity contribution in [1.29, 1.82) is 0 Å². The summed E-state index contributed by atoms with van der Waals surface area (Å²) in [6, 6.07) is 10.0. The number of phenols is 1. The zero-order chi connectivity index (χ0) is 18.8. The van der Waals surface area contributed by atoms with Gasteiger partial charge in [0.15, 0.2) is 6.35 Å². The van der Waals surface area contributed by atoms with Crippen LogP contribution < -0.4 is 4.74 Å². The van der Waals surface area contributed by atoms with Crippen molar-refractivity contribution in [3.8, 4) is 11.5 Å². The molecule has 2 aromatic rings. The summed E-state index contributed by atoms with van der Waals surface area (Å²) in [7, 11) is -2.05. The molecule has 0 spiro atoms. The maximum Gasteiger partial charge on any atom is 0.205 e. The Hall–Kier alpha value is -1.61. The Morgan fingerprint density at radius 3 is 2.65 bits per heavy atom. The van der Waals surface area contributed by atoms with E-state index in [4.69, 9.17) is 14.5 Å². The van der Waals surface area contributed by atoms with Gasteiger partial charge in [-0.15, -0.1) is 0 Å². The van der Waals surface area contributed by atoms with Crippen LogP contribution in [0.25, 0.3) is 0 Å². The smallest absolute Gasteiger partial charge is 0.205 e. The van der Waals surface area contributed by atoms with Crippen molar-refractivity contribution < 1.29 is 19.6 Å². The zero-order valence-electron chi connectivity index (χ0n) is 15.6. The first-order valence-electron chi connectivity index (χ1n) is 9.11. The summed E-state index contributed by atoms with van der Waals surface area (Å²) in [5.74, 6) is 1.66. The molecule has 0 saturated heterocycles. The molecule has 140 valence electrons. The van der Waals surface area contributed by atoms with Crippen LogP contribution in [0.4, 0.5) is 0 Å². The Labute approximate surface area is 156 Å². The van der Waals surface area contributed by atoms with Crippen molar-refractivity contribution in [1.82, 2.24) is 0 Å². The normalized spacial score (nSPS) is 16.8. The van der Waals surface area contributed by atoms with Crippen molar-refractivity contribution in [2.24, 2.45) is 0 Å². The molecule has 1 unspecified atom stereocenters. The largest absolute Gasteiger partial charge is 0.508 e. The second-order valence-corrected chi connectivity index (χ2v) is 8.38. The molecule has 0 aromatic heterocycles. The third-order valence-electron chi connectivity index (χ3n) is 5.16. The molecule has 3 N–H and O–H groups in total. The summed E-state index contributed by atoms with van der Waals surface area (Å²) in [6.07, 6.45) is 3.14. The molecule has 0 heterocycles. The number of benzene rings is 2. The van der Waals surface area contributed by atoms with E-state index in [9.17, 15) is 5.11 Å². The summed E-state index contributed by atoms with van der Waals surface area (Å²) < 4.78 is 5.52. The molecular weight excluding hydrogens is 347 g/mol. The summed E-state index contributed by atoms with van der Waals surface area (Å²) in [5, 5.41) is 10.1. The van der Waals surface area contributed by atoms with Crippen molar-refractivity contribution in [3.05, 3.63) is 58.1 Å². The van der Waals surface area contributed by atoms with Gasteiger partial charge in [0.1, 0.15) is 11.5 Å². The van der Waals surface area contributed by atoms with Crippen LogP contribution in [0.1, 0.15) is 66.3 Å². The Morgan fingerprint density at radius 1 is 1.19 bits per heavy atom. The Bertz CT molecular complexity index is 786. The standard InChI is InChI=1S/C21H27O4P/c1-13(2)19-11-15(7-8-20(19)22)18-6-4-5-16-10-17(25-12-26(23)24)9-14(3)21(16)18/h7-11,13,18,22-24H,4-6,12H2,1-3H3. The van der Waals surface area contributed by atoms with Crippen molar-refractivity contribution in [2.45, 2.75) is 51.9 Å². The first-order chi connectivity index (χ1) is 12.4. The molecule has 0 radical (unpaired) electrons. The van der Waals surface area contributed by atoms with Gasteiger partial charge in [0, 0.05) is 5.92 Å². The second kappa shape index (κ2) is 7.96. The lowest BCUT2D eigenvalue weighted by molar-refractivity contribution is 0.347. The molecule has 1 aliphatic carbocycles. The number of aromatic hydroxyl groups is 1. The average molecular weight is 374 g/mol. The molecule has 0 saturated carbocycles. The van der Waals surface area contributed by atoms with Crippen LogP contribution >= 0.6 is 8.38 Å². The van der Waals surface area contributed by atoms with E-state index in [1.165, 1.54) is 22.3 Å². The zero-order valence-corrected chi connectivity index (χ0v) is 16.5. The summed E-state index contributed by atoms with van der Waals surface area (Å²) in [5.41, 5.74) is 6.03. The highest BCUT2D eigenvalue weighted by Crippen LogP contribution is 2.42. The van der Waals surface area contributed by atoms with Crippen LogP contribution in [0.3, 0.4) is 0 Å². The Kier molecular flexibility index (Phi) is 5.86. The fourth-order valence-corrected chi connectivity index (χ4v) is 4.25. The SMILES string of the molecule is Cc1cc(OCP(O)O)cc2c1C(c1ccc(O)c(C(C)C)c1)CCC2. The first kappa shape index (κ1) is 19.2. The third kappa shape index (κ3) is 4.03. The van der Waals surface area contributed by atoms with Gasteiger partial charge in [0.05, 0.1) is 0 Å². The van der Waals surface area contributed by atoms with Gasteiger partial charge in [-0.1, -0.05) is 26.0 Å². The first-order valence-corrected chi connectivity index (χ1v) is 10.5. The minimum absolute atomic E-state index is 0.0628. The number of phenolic OH excluding ortho intramolecular Hbond substituents is 1. The number of hydrogen-bond acceptors (Lipinski definition) is 4. The Balaban J connectivity index is 1.97. The summed E-state index contributed by atoms with van der Waals surface area (Å²) in [4.78, 5) is 18.2. The van der Waals surface area contributed by atoms with Crippen LogP contribution in [0.2, 0.25) is 0 Å². The highest BCUT2D eigenvalue weighted by atomic mass is 31.2. The van der Waals surface area contributed by atoms with Crippen LogP contribution in [-0.4, -0.2) is 21.2 Å². The van der Waals surface area contributed by atoms with E-state index in [-0.39, 0.29) is 12.3 Å². The predicted molar refractivity (Wildman–Crippen MR) is 105 cm³/mol. The molecule has 4 nitrogen and oxygen atoms in total. The van der Waals surface area contributed by atoms with E-state index in [1.54, 1.807) is 0 Å². The number of fused-ring (bicyclic) bond motifs is 1. The van der Waals surface area contributed by atoms with Crippen LogP contribution in [0.5, 0.6) is 11.5 Å². The average Bonchev–Trinajstić information content (AvgIpc) is 2.59. The number of ether oxygens (including phenoxy) is 1. The molecule has 0 fully saturated rings. The lowest BCUT2D eigenvalue weighted by Crippen LogP contribution is -2.14. The molecule has 0 bridgehead atoms. The minimum Gasteiger partial charge on any atom is -0.508 e. The quantitative estimate of drug-likeness (QED) is 0.650. The summed E-state index contributed by atoms with van der Waals surface area (Å²) in [6.45, 7) is 6.29. The molecule has 0 amide bonds. The Morgan fingerprint density at radius 2 is 1.96 bits per heavy atom. The van der Waals surface area contributed by atoms with Crippen molar-refractivity contribution in [3.63, 3.8) is 0 Å². The molecule has 2 aromatic carbocycles. The molecule has 26 heavy (non-hydrogen) atoms. The second-order valence-electron chi connectivity index (χ2n) is 7.38. The summed E-state index contributed by atoms with van der Waals surface area (Å²) >= 11 is 0. The maximum atomic E-state index is 10.1. The molecular formula is C21H27O4P. The van der Waals surface area contributed by atoms with Crippen LogP contribution in [0, 0.1) is 6.92 Å². The van der Waals surface area contributed by atoms with Gasteiger partial charge in [-0.3, -0.25) is 0 Å². The topological polar surface area (TPSA) is 69.9 Å². The molecule has 5 heteroatoms. The molecule has 1 aliphatic rings. The van der Waals surface area contributed by atoms with E-state index in [1.807, 2.05) is 24.3 Å². The van der Waals surface area contributed by atoms with Crippen molar-refractivity contribution in [2.75, 3.05) is 6.35 Å². The number of rotatable bonds is 5. The lowest BCUT2D eigenvalue weighted by Gasteiger charge is -2.29. The lowest BCUT2D eigenvalue weighted by atomic mass is 9.76. The van der Waals surface area contributed by atoms with E-state index < -0.39 is 8.38 Å². The van der Waals surface area contributed by atoms with Gasteiger partial charge in [-0.2, -0.15) is 0 Å². The molecule has 1 atom stereocenters. The van der Waals surface area contributed by atoms with Gasteiger partial charge in [-0.25, -0.2) is 0 Å². The number of aryl methyl sites for hydroxylation is 2. The van der Waals surface area contributed by atoms with Gasteiger partial charge in [0.25, 0.3) is 0 Å². The van der Waals surface area contributed by atoms with Gasteiger partial charge in [0.2, 0.25) is 8.38 Å². The monoisotopic (exact) mass is 374 g/mol. The highest BCUT2D eigenvalue weighted by molar-refractivity contribution is 7.44. The fourth-order valence-electron chi connectivity index (χ4n) is 3.98. The van der Waals surface area contributed by atoms with E-state index in [0.717, 1.165) is 24.8 Å². The van der Waals surface area contributed by atoms with Gasteiger partial charge >= 0.3 is 0 Å². The third-order valence-corrected chi connectivity index (χ3v) is 5.52. The van der Waals surface area contributed by atoms with Gasteiger partial charge in [-0.05, 0) is 78.1 Å². The van der Waals surface area contributed by atoms with Crippen molar-refractivity contribution >= 4 is 8.38 Å². The molecule has 0 aliphatic heterocycles. The van der Waals surface area contributed by atoms with Crippen LogP contribution in [-0.2, 0) is 6.42 Å². The fraction of sp³-hybridized carbons (Fsp3) is 0.429. The van der Waals surface area contributed by atoms with Crippen LogP contribution in [0.15, 0.2) is 30.3 Å². The molecule has 3 rings (SSSR count).